The summed E-state index contributed by atoms with van der Waals surface area (Å²) >= 11 is 0. The van der Waals surface area contributed by atoms with Gasteiger partial charge in [0.15, 0.2) is 0 Å². The number of ether oxygens (including phenoxy) is 1. The minimum atomic E-state index is -1.68. The number of rotatable bonds is 5. The van der Waals surface area contributed by atoms with Crippen molar-refractivity contribution in [2.24, 2.45) is 0 Å². The lowest BCUT2D eigenvalue weighted by Gasteiger charge is -2.22. The molecule has 0 N–H and O–H groups in total. The van der Waals surface area contributed by atoms with Crippen molar-refractivity contribution in [3.05, 3.63) is 65.7 Å². The van der Waals surface area contributed by atoms with Crippen molar-refractivity contribution >= 4 is 20.2 Å². The highest BCUT2D eigenvalue weighted by atomic mass is 28.4. The van der Waals surface area contributed by atoms with Gasteiger partial charge in [-0.15, -0.1) is 0 Å². The van der Waals surface area contributed by atoms with Crippen LogP contribution < -0.4 is 4.74 Å². The van der Waals surface area contributed by atoms with E-state index >= 15 is 0 Å². The van der Waals surface area contributed by atoms with E-state index in [0.29, 0.717) is 0 Å². The molecule has 0 amide bonds. The summed E-state index contributed by atoms with van der Waals surface area (Å²) in [4.78, 5) is 0. The van der Waals surface area contributed by atoms with E-state index < -0.39 is 8.32 Å². The molecule has 0 saturated heterocycles. The molecule has 0 aliphatic heterocycles. The summed E-state index contributed by atoms with van der Waals surface area (Å²) in [6, 6.07) is 18.2. The lowest BCUT2D eigenvalue weighted by atomic mass is 10.1. The van der Waals surface area contributed by atoms with Gasteiger partial charge in [0, 0.05) is 5.56 Å². The lowest BCUT2D eigenvalue weighted by molar-refractivity contribution is 0.414. The van der Waals surface area contributed by atoms with Crippen LogP contribution in [-0.4, -0.2) is 15.4 Å². The fourth-order valence-corrected chi connectivity index (χ4v) is 2.79. The van der Waals surface area contributed by atoms with E-state index in [2.05, 4.69) is 37.8 Å². The van der Waals surface area contributed by atoms with Crippen molar-refractivity contribution in [2.75, 3.05) is 7.11 Å². The second-order valence-electron chi connectivity index (χ2n) is 5.86. The van der Waals surface area contributed by atoms with E-state index in [-0.39, 0.29) is 0 Å². The van der Waals surface area contributed by atoms with Gasteiger partial charge in [-0.05, 0) is 55.5 Å². The third-order valence-corrected chi connectivity index (χ3v) is 3.72. The maximum absolute atomic E-state index is 6.26. The molecule has 3 heteroatoms. The van der Waals surface area contributed by atoms with E-state index in [1.165, 1.54) is 0 Å². The first-order valence-corrected chi connectivity index (χ1v) is 10.5. The van der Waals surface area contributed by atoms with Gasteiger partial charge in [-0.1, -0.05) is 30.3 Å². The average molecular weight is 298 g/mol. The quantitative estimate of drug-likeness (QED) is 0.437. The van der Waals surface area contributed by atoms with Crippen molar-refractivity contribution in [3.63, 3.8) is 0 Å². The maximum Gasteiger partial charge on any atom is 0.242 e. The van der Waals surface area contributed by atoms with Crippen LogP contribution in [0.1, 0.15) is 11.1 Å². The average Bonchev–Trinajstić information content (AvgIpc) is 2.46. The zero-order valence-corrected chi connectivity index (χ0v) is 14.1. The molecular weight excluding hydrogens is 276 g/mol. The highest BCUT2D eigenvalue weighted by molar-refractivity contribution is 6.70. The minimum absolute atomic E-state index is 0.853. The van der Waals surface area contributed by atoms with Gasteiger partial charge in [-0.2, -0.15) is 0 Å². The van der Waals surface area contributed by atoms with E-state index in [9.17, 15) is 0 Å². The highest BCUT2D eigenvalue weighted by Crippen LogP contribution is 2.25. The van der Waals surface area contributed by atoms with E-state index in [4.69, 9.17) is 9.16 Å². The molecule has 21 heavy (non-hydrogen) atoms. The Morgan fingerprint density at radius 2 is 1.52 bits per heavy atom. The van der Waals surface area contributed by atoms with E-state index in [1.54, 1.807) is 7.11 Å². The van der Waals surface area contributed by atoms with Crippen LogP contribution in [0.25, 0.3) is 11.8 Å². The Morgan fingerprint density at radius 3 is 2.05 bits per heavy atom. The molecule has 0 unspecified atom stereocenters. The summed E-state index contributed by atoms with van der Waals surface area (Å²) in [6.45, 7) is 6.57. The highest BCUT2D eigenvalue weighted by Gasteiger charge is 2.18. The second kappa shape index (κ2) is 6.63. The molecule has 0 saturated carbocycles. The van der Waals surface area contributed by atoms with Crippen LogP contribution in [0.5, 0.6) is 5.75 Å². The molecule has 0 fully saturated rings. The molecule has 0 spiro atoms. The topological polar surface area (TPSA) is 18.5 Å². The first-order valence-electron chi connectivity index (χ1n) is 7.08. The SMILES string of the molecule is COc1ccc(/C(=C\c2ccccc2)O[Si](C)(C)C)cc1. The van der Waals surface area contributed by atoms with Crippen LogP contribution >= 0.6 is 0 Å². The molecule has 0 aliphatic rings. The molecule has 0 heterocycles. The molecule has 0 aromatic heterocycles. The summed E-state index contributed by atoms with van der Waals surface area (Å²) in [5.41, 5.74) is 2.21. The van der Waals surface area contributed by atoms with Crippen LogP contribution in [0.15, 0.2) is 54.6 Å². The van der Waals surface area contributed by atoms with Gasteiger partial charge >= 0.3 is 0 Å². The number of hydrogen-bond donors (Lipinski definition) is 0. The predicted molar refractivity (Wildman–Crippen MR) is 91.7 cm³/mol. The molecule has 0 atom stereocenters. The Kier molecular flexibility index (Phi) is 4.86. The Hall–Kier alpha value is -2.00. The van der Waals surface area contributed by atoms with Crippen LogP contribution in [0.3, 0.4) is 0 Å². The van der Waals surface area contributed by atoms with Gasteiger partial charge < -0.3 is 9.16 Å². The predicted octanol–water partition coefficient (Wildman–Crippen LogP) is 5.04. The Bertz CT molecular complexity index is 595. The van der Waals surface area contributed by atoms with Gasteiger partial charge in [-0.3, -0.25) is 0 Å². The van der Waals surface area contributed by atoms with Crippen LogP contribution in [0.2, 0.25) is 19.6 Å². The number of hydrogen-bond acceptors (Lipinski definition) is 2. The molecule has 0 bridgehead atoms. The van der Waals surface area contributed by atoms with Crippen molar-refractivity contribution in [3.8, 4) is 5.75 Å². The van der Waals surface area contributed by atoms with Gasteiger partial charge in [0.25, 0.3) is 0 Å². The van der Waals surface area contributed by atoms with E-state index in [0.717, 1.165) is 22.6 Å². The van der Waals surface area contributed by atoms with Crippen LogP contribution in [0, 0.1) is 0 Å². The van der Waals surface area contributed by atoms with Gasteiger partial charge in [0.05, 0.1) is 7.11 Å². The molecule has 2 aromatic rings. The Balaban J connectivity index is 2.37. The largest absolute Gasteiger partial charge is 0.544 e. The summed E-state index contributed by atoms with van der Waals surface area (Å²) in [6.07, 6.45) is 2.10. The molecular formula is C18H22O2Si. The first kappa shape index (κ1) is 15.4. The maximum atomic E-state index is 6.26. The normalized spacial score (nSPS) is 12.1. The monoisotopic (exact) mass is 298 g/mol. The molecule has 2 nitrogen and oxygen atoms in total. The molecule has 0 radical (unpaired) electrons. The fourth-order valence-electron chi connectivity index (χ4n) is 1.96. The zero-order valence-electron chi connectivity index (χ0n) is 13.1. The first-order chi connectivity index (χ1) is 9.98. The van der Waals surface area contributed by atoms with Crippen molar-refractivity contribution < 1.29 is 9.16 Å². The van der Waals surface area contributed by atoms with Gasteiger partial charge in [0.1, 0.15) is 11.5 Å². The Morgan fingerprint density at radius 1 is 0.905 bits per heavy atom. The third kappa shape index (κ3) is 4.79. The number of methoxy groups -OCH3 is 1. The van der Waals surface area contributed by atoms with Crippen LogP contribution in [-0.2, 0) is 4.43 Å². The minimum Gasteiger partial charge on any atom is -0.544 e. The molecule has 2 aromatic carbocycles. The summed E-state index contributed by atoms with van der Waals surface area (Å²) in [7, 11) is -0.00348. The van der Waals surface area contributed by atoms with Gasteiger partial charge in [-0.25, -0.2) is 0 Å². The molecule has 2 rings (SSSR count). The zero-order chi connectivity index (χ0) is 15.3. The standard InChI is InChI=1S/C18H22O2Si/c1-19-17-12-10-16(11-13-17)18(20-21(2,3)4)14-15-8-6-5-7-9-15/h5-14H,1-4H3/b18-14+. The second-order valence-corrected chi connectivity index (χ2v) is 10.3. The summed E-state index contributed by atoms with van der Waals surface area (Å²) < 4.78 is 11.5. The smallest absolute Gasteiger partial charge is 0.242 e. The number of benzene rings is 2. The van der Waals surface area contributed by atoms with Crippen molar-refractivity contribution in [1.82, 2.24) is 0 Å². The molecule has 0 aliphatic carbocycles. The summed E-state index contributed by atoms with van der Waals surface area (Å²) in [5.74, 6) is 1.77. The van der Waals surface area contributed by atoms with Gasteiger partial charge in [0.2, 0.25) is 8.32 Å². The van der Waals surface area contributed by atoms with Crippen molar-refractivity contribution in [1.29, 1.82) is 0 Å². The lowest BCUT2D eigenvalue weighted by Crippen LogP contribution is -2.24. The fraction of sp³-hybridized carbons (Fsp3) is 0.222. The third-order valence-electron chi connectivity index (χ3n) is 2.89. The van der Waals surface area contributed by atoms with Crippen molar-refractivity contribution in [2.45, 2.75) is 19.6 Å². The van der Waals surface area contributed by atoms with E-state index in [1.807, 2.05) is 42.5 Å². The molecule has 110 valence electrons. The Labute approximate surface area is 128 Å². The van der Waals surface area contributed by atoms with Crippen LogP contribution in [0.4, 0.5) is 0 Å². The summed E-state index contributed by atoms with van der Waals surface area (Å²) in [5, 5.41) is 0.